The molecule has 0 aliphatic rings. The van der Waals surface area contributed by atoms with Crippen molar-refractivity contribution in [3.05, 3.63) is 82.0 Å². The van der Waals surface area contributed by atoms with Gasteiger partial charge in [-0.2, -0.15) is 0 Å². The molecule has 3 N–H and O–H groups in total. The van der Waals surface area contributed by atoms with Gasteiger partial charge in [-0.15, -0.1) is 0 Å². The van der Waals surface area contributed by atoms with Crippen molar-refractivity contribution in [3.8, 4) is 5.75 Å². The number of rotatable bonds is 4. The number of amides is 2. The summed E-state index contributed by atoms with van der Waals surface area (Å²) in [4.78, 5) is 28.4. The molecule has 136 valence electrons. The predicted octanol–water partition coefficient (Wildman–Crippen LogP) is 4.60. The third kappa shape index (κ3) is 4.75. The van der Waals surface area contributed by atoms with Gasteiger partial charge in [0.15, 0.2) is 11.6 Å². The standard InChI is InChI=1S/C19H13Cl2N3O3/c20-13-8-12(9-14(21)10-13)19(27)23-15-5-3-11(4-6-15)18(26)24-17-16(25)2-1-7-22-17/h1-10,25H,(H,23,27)(H,22,24,26). The van der Waals surface area contributed by atoms with Crippen LogP contribution >= 0.6 is 23.2 Å². The van der Waals surface area contributed by atoms with Crippen LogP contribution in [0.2, 0.25) is 10.0 Å². The second-order valence-corrected chi connectivity index (χ2v) is 6.39. The van der Waals surface area contributed by atoms with Crippen molar-refractivity contribution >= 4 is 46.5 Å². The number of hydrogen-bond acceptors (Lipinski definition) is 4. The van der Waals surface area contributed by atoms with E-state index in [1.807, 2.05) is 0 Å². The van der Waals surface area contributed by atoms with Crippen molar-refractivity contribution in [1.82, 2.24) is 4.98 Å². The Morgan fingerprint density at radius 3 is 2.11 bits per heavy atom. The predicted molar refractivity (Wildman–Crippen MR) is 105 cm³/mol. The van der Waals surface area contributed by atoms with E-state index in [1.165, 1.54) is 42.6 Å². The zero-order valence-electron chi connectivity index (χ0n) is 13.7. The molecule has 0 saturated carbocycles. The highest BCUT2D eigenvalue weighted by Crippen LogP contribution is 2.21. The molecule has 1 heterocycles. The molecule has 0 aliphatic heterocycles. The first-order valence-electron chi connectivity index (χ1n) is 7.75. The molecule has 0 unspecified atom stereocenters. The van der Waals surface area contributed by atoms with Crippen LogP contribution in [0, 0.1) is 0 Å². The Hall–Kier alpha value is -3.09. The number of nitrogens with zero attached hydrogens (tertiary/aromatic N) is 1. The minimum Gasteiger partial charge on any atom is -0.504 e. The number of carbonyl (C=O) groups excluding carboxylic acids is 2. The van der Waals surface area contributed by atoms with E-state index < -0.39 is 5.91 Å². The summed E-state index contributed by atoms with van der Waals surface area (Å²) in [5.41, 5.74) is 1.15. The van der Waals surface area contributed by atoms with Crippen LogP contribution in [0.5, 0.6) is 5.75 Å². The minimum absolute atomic E-state index is 0.0673. The second-order valence-electron chi connectivity index (χ2n) is 5.51. The Balaban J connectivity index is 1.69. The van der Waals surface area contributed by atoms with Crippen molar-refractivity contribution < 1.29 is 14.7 Å². The van der Waals surface area contributed by atoms with E-state index in [1.54, 1.807) is 18.2 Å². The summed E-state index contributed by atoms with van der Waals surface area (Å²) in [5.74, 6) is -0.883. The minimum atomic E-state index is -0.441. The summed E-state index contributed by atoms with van der Waals surface area (Å²) in [6, 6.07) is 13.7. The fourth-order valence-corrected chi connectivity index (χ4v) is 2.79. The fourth-order valence-electron chi connectivity index (χ4n) is 2.27. The van der Waals surface area contributed by atoms with Crippen LogP contribution < -0.4 is 10.6 Å². The SMILES string of the molecule is O=C(Nc1ccc(C(=O)Nc2ncccc2O)cc1)c1cc(Cl)cc(Cl)c1. The van der Waals surface area contributed by atoms with Crippen LogP contribution in [0.15, 0.2) is 60.8 Å². The summed E-state index contributed by atoms with van der Waals surface area (Å²) in [5, 5.41) is 15.6. The highest BCUT2D eigenvalue weighted by molar-refractivity contribution is 6.35. The molecule has 27 heavy (non-hydrogen) atoms. The number of benzene rings is 2. The van der Waals surface area contributed by atoms with Crippen LogP contribution in [0.4, 0.5) is 11.5 Å². The van der Waals surface area contributed by atoms with Gasteiger partial charge in [-0.05, 0) is 54.6 Å². The maximum atomic E-state index is 12.3. The van der Waals surface area contributed by atoms with E-state index in [9.17, 15) is 14.7 Å². The Kier molecular flexibility index (Phi) is 5.59. The van der Waals surface area contributed by atoms with E-state index in [4.69, 9.17) is 23.2 Å². The highest BCUT2D eigenvalue weighted by atomic mass is 35.5. The Morgan fingerprint density at radius 2 is 1.48 bits per heavy atom. The monoisotopic (exact) mass is 401 g/mol. The molecule has 0 radical (unpaired) electrons. The average molecular weight is 402 g/mol. The van der Waals surface area contributed by atoms with Gasteiger partial charge in [-0.25, -0.2) is 4.98 Å². The van der Waals surface area contributed by atoms with E-state index in [2.05, 4.69) is 15.6 Å². The van der Waals surface area contributed by atoms with Gasteiger partial charge in [-0.3, -0.25) is 9.59 Å². The van der Waals surface area contributed by atoms with Gasteiger partial charge < -0.3 is 15.7 Å². The fraction of sp³-hybridized carbons (Fsp3) is 0. The van der Waals surface area contributed by atoms with E-state index in [0.717, 1.165) is 0 Å². The molecule has 0 atom stereocenters. The molecule has 6 nitrogen and oxygen atoms in total. The molecule has 3 rings (SSSR count). The quantitative estimate of drug-likeness (QED) is 0.595. The third-order valence-corrected chi connectivity index (χ3v) is 3.98. The van der Waals surface area contributed by atoms with Crippen LogP contribution in [-0.2, 0) is 0 Å². The first-order valence-corrected chi connectivity index (χ1v) is 8.51. The van der Waals surface area contributed by atoms with E-state index >= 15 is 0 Å². The van der Waals surface area contributed by atoms with E-state index in [0.29, 0.717) is 26.9 Å². The van der Waals surface area contributed by atoms with Crippen molar-refractivity contribution in [3.63, 3.8) is 0 Å². The van der Waals surface area contributed by atoms with Gasteiger partial charge in [0.2, 0.25) is 0 Å². The lowest BCUT2D eigenvalue weighted by Crippen LogP contribution is -2.14. The lowest BCUT2D eigenvalue weighted by molar-refractivity contribution is 0.101. The molecule has 0 bridgehead atoms. The molecule has 2 amide bonds. The van der Waals surface area contributed by atoms with E-state index in [-0.39, 0.29) is 17.5 Å². The first-order chi connectivity index (χ1) is 12.9. The molecule has 0 spiro atoms. The van der Waals surface area contributed by atoms with Crippen molar-refractivity contribution in [1.29, 1.82) is 0 Å². The number of pyridine rings is 1. The normalized spacial score (nSPS) is 10.3. The molecule has 0 saturated heterocycles. The Bertz CT molecular complexity index is 987. The topological polar surface area (TPSA) is 91.3 Å². The smallest absolute Gasteiger partial charge is 0.256 e. The molecular formula is C19H13Cl2N3O3. The zero-order valence-corrected chi connectivity index (χ0v) is 15.3. The lowest BCUT2D eigenvalue weighted by Gasteiger charge is -2.08. The number of hydrogen-bond donors (Lipinski definition) is 3. The molecular weight excluding hydrogens is 389 g/mol. The van der Waals surface area contributed by atoms with Crippen LogP contribution in [0.3, 0.4) is 0 Å². The number of anilines is 2. The summed E-state index contributed by atoms with van der Waals surface area (Å²) >= 11 is 11.8. The van der Waals surface area contributed by atoms with Gasteiger partial charge in [0, 0.05) is 33.1 Å². The van der Waals surface area contributed by atoms with Gasteiger partial charge in [0.1, 0.15) is 0 Å². The highest BCUT2D eigenvalue weighted by Gasteiger charge is 2.11. The number of aromatic nitrogens is 1. The Labute approximate surface area is 164 Å². The molecule has 0 fully saturated rings. The summed E-state index contributed by atoms with van der Waals surface area (Å²) in [6.07, 6.45) is 1.45. The number of halogens is 2. The average Bonchev–Trinajstić information content (AvgIpc) is 2.63. The number of carbonyl (C=O) groups is 2. The summed E-state index contributed by atoms with van der Waals surface area (Å²) in [7, 11) is 0. The van der Waals surface area contributed by atoms with Crippen molar-refractivity contribution in [2.45, 2.75) is 0 Å². The Morgan fingerprint density at radius 1 is 0.852 bits per heavy atom. The molecule has 3 aromatic rings. The van der Waals surface area contributed by atoms with Crippen molar-refractivity contribution in [2.24, 2.45) is 0 Å². The first kappa shape index (κ1) is 18.7. The van der Waals surface area contributed by atoms with Crippen LogP contribution in [-0.4, -0.2) is 21.9 Å². The zero-order chi connectivity index (χ0) is 19.4. The van der Waals surface area contributed by atoms with Gasteiger partial charge in [-0.1, -0.05) is 23.2 Å². The van der Waals surface area contributed by atoms with Crippen molar-refractivity contribution in [2.75, 3.05) is 10.6 Å². The number of aromatic hydroxyl groups is 1. The van der Waals surface area contributed by atoms with Gasteiger partial charge in [0.05, 0.1) is 0 Å². The molecule has 8 heteroatoms. The summed E-state index contributed by atoms with van der Waals surface area (Å²) in [6.45, 7) is 0. The second kappa shape index (κ2) is 8.07. The van der Waals surface area contributed by atoms with Gasteiger partial charge >= 0.3 is 0 Å². The number of nitrogens with one attached hydrogen (secondary N) is 2. The molecule has 0 aliphatic carbocycles. The van der Waals surface area contributed by atoms with Crippen LogP contribution in [0.1, 0.15) is 20.7 Å². The van der Waals surface area contributed by atoms with Crippen LogP contribution in [0.25, 0.3) is 0 Å². The largest absolute Gasteiger partial charge is 0.504 e. The maximum Gasteiger partial charge on any atom is 0.256 e. The van der Waals surface area contributed by atoms with Gasteiger partial charge in [0.25, 0.3) is 11.8 Å². The third-order valence-electron chi connectivity index (χ3n) is 3.55. The lowest BCUT2D eigenvalue weighted by atomic mass is 10.1. The summed E-state index contributed by atoms with van der Waals surface area (Å²) < 4.78 is 0. The molecule has 1 aromatic heterocycles. The maximum absolute atomic E-state index is 12.3. The molecule has 2 aromatic carbocycles.